The number of nitrogens with two attached hydrogens (primary N) is 2. The van der Waals surface area contributed by atoms with Crippen LogP contribution in [0.5, 0.6) is 0 Å². The molecule has 0 spiro atoms. The molecule has 2 atom stereocenters. The van der Waals surface area contributed by atoms with Crippen LogP contribution in [0.1, 0.15) is 43.0 Å². The van der Waals surface area contributed by atoms with Crippen LogP contribution in [0.15, 0.2) is 18.3 Å². The Labute approximate surface area is 113 Å². The Hall–Kier alpha value is -1.62. The summed E-state index contributed by atoms with van der Waals surface area (Å²) in [6.45, 7) is 2.77. The third kappa shape index (κ3) is 3.04. The Balaban J connectivity index is 2.25. The van der Waals surface area contributed by atoms with Gasteiger partial charge in [0.1, 0.15) is 5.82 Å². The van der Waals surface area contributed by atoms with Gasteiger partial charge >= 0.3 is 0 Å². The van der Waals surface area contributed by atoms with Gasteiger partial charge in [0.2, 0.25) is 0 Å². The Bertz CT molecular complexity index is 463. The number of carbonyl (C=O) groups is 1. The second-order valence-electron chi connectivity index (χ2n) is 5.57. The van der Waals surface area contributed by atoms with E-state index >= 15 is 0 Å². The number of nitrogens with one attached hydrogen (secondary N) is 1. The molecule has 1 amide bonds. The Kier molecular flexibility index (Phi) is 4.04. The van der Waals surface area contributed by atoms with Crippen LogP contribution in [0.25, 0.3) is 0 Å². The largest absolute Gasteiger partial charge is 0.365 e. The second-order valence-corrected chi connectivity index (χ2v) is 5.57. The summed E-state index contributed by atoms with van der Waals surface area (Å²) in [5, 5.41) is 3.39. The fourth-order valence-electron chi connectivity index (χ4n) is 2.96. The van der Waals surface area contributed by atoms with E-state index in [0.717, 1.165) is 19.3 Å². The van der Waals surface area contributed by atoms with E-state index in [1.54, 1.807) is 18.3 Å². The average molecular weight is 262 g/mol. The Morgan fingerprint density at radius 1 is 1.63 bits per heavy atom. The average Bonchev–Trinajstić information content (AvgIpc) is 2.39. The van der Waals surface area contributed by atoms with Crippen molar-refractivity contribution in [2.24, 2.45) is 17.4 Å². The minimum Gasteiger partial charge on any atom is -0.365 e. The van der Waals surface area contributed by atoms with Gasteiger partial charge in [-0.15, -0.1) is 0 Å². The van der Waals surface area contributed by atoms with Gasteiger partial charge in [-0.1, -0.05) is 19.8 Å². The number of rotatable bonds is 4. The topological polar surface area (TPSA) is 94.0 Å². The first-order valence-corrected chi connectivity index (χ1v) is 6.79. The molecule has 0 aromatic carbocycles. The zero-order valence-corrected chi connectivity index (χ0v) is 11.4. The summed E-state index contributed by atoms with van der Waals surface area (Å²) in [7, 11) is 0. The van der Waals surface area contributed by atoms with Crippen LogP contribution < -0.4 is 16.8 Å². The van der Waals surface area contributed by atoms with Crippen LogP contribution in [-0.2, 0) is 0 Å². The molecule has 1 aromatic rings. The molecule has 1 saturated carbocycles. The molecule has 5 N–H and O–H groups in total. The molecule has 1 fully saturated rings. The van der Waals surface area contributed by atoms with E-state index < -0.39 is 5.91 Å². The maximum absolute atomic E-state index is 11.4. The number of hydrogen-bond acceptors (Lipinski definition) is 4. The highest BCUT2D eigenvalue weighted by molar-refractivity contribution is 5.97. The summed E-state index contributed by atoms with van der Waals surface area (Å²) in [6, 6.07) is 3.40. The summed E-state index contributed by atoms with van der Waals surface area (Å²) in [5.74, 6) is 0.715. The summed E-state index contributed by atoms with van der Waals surface area (Å²) in [6.07, 6.45) is 6.03. The molecule has 1 heterocycles. The van der Waals surface area contributed by atoms with Crippen LogP contribution in [0.2, 0.25) is 0 Å². The zero-order chi connectivity index (χ0) is 13.9. The summed E-state index contributed by atoms with van der Waals surface area (Å²) in [4.78, 5) is 15.7. The molecule has 0 radical (unpaired) electrons. The highest BCUT2D eigenvalue weighted by Crippen LogP contribution is 2.34. The molecule has 0 aliphatic heterocycles. The monoisotopic (exact) mass is 262 g/mol. The van der Waals surface area contributed by atoms with Crippen molar-refractivity contribution < 1.29 is 4.79 Å². The van der Waals surface area contributed by atoms with Gasteiger partial charge in [0.05, 0.1) is 11.1 Å². The first-order chi connectivity index (χ1) is 9.06. The first-order valence-electron chi connectivity index (χ1n) is 6.79. The van der Waals surface area contributed by atoms with Gasteiger partial charge in [-0.2, -0.15) is 0 Å². The number of pyridine rings is 1. The molecule has 2 rings (SSSR count). The van der Waals surface area contributed by atoms with Crippen LogP contribution in [0.4, 0.5) is 5.82 Å². The molecule has 0 bridgehead atoms. The van der Waals surface area contributed by atoms with E-state index in [1.807, 2.05) is 0 Å². The van der Waals surface area contributed by atoms with Gasteiger partial charge in [0.25, 0.3) is 5.91 Å². The van der Waals surface area contributed by atoms with E-state index in [9.17, 15) is 4.79 Å². The Morgan fingerprint density at radius 3 is 3.05 bits per heavy atom. The number of hydrogen-bond donors (Lipinski definition) is 3. The van der Waals surface area contributed by atoms with E-state index in [2.05, 4.69) is 17.2 Å². The maximum Gasteiger partial charge on any atom is 0.252 e. The molecule has 1 aliphatic rings. The molecule has 5 nitrogen and oxygen atoms in total. The van der Waals surface area contributed by atoms with Gasteiger partial charge < -0.3 is 16.8 Å². The molecule has 1 aromatic heterocycles. The fraction of sp³-hybridized carbons (Fsp3) is 0.571. The van der Waals surface area contributed by atoms with Crippen molar-refractivity contribution in [1.82, 2.24) is 4.98 Å². The van der Waals surface area contributed by atoms with E-state index in [0.29, 0.717) is 23.8 Å². The van der Waals surface area contributed by atoms with Crippen molar-refractivity contribution >= 4 is 11.7 Å². The lowest BCUT2D eigenvalue weighted by Gasteiger charge is -2.40. The van der Waals surface area contributed by atoms with Crippen molar-refractivity contribution in [2.75, 3.05) is 11.9 Å². The van der Waals surface area contributed by atoms with Crippen LogP contribution in [0, 0.1) is 5.92 Å². The van der Waals surface area contributed by atoms with E-state index in [-0.39, 0.29) is 5.54 Å². The van der Waals surface area contributed by atoms with E-state index in [1.165, 1.54) is 6.42 Å². The molecule has 2 unspecified atom stereocenters. The lowest BCUT2D eigenvalue weighted by atomic mass is 9.76. The summed E-state index contributed by atoms with van der Waals surface area (Å²) < 4.78 is 0. The molecule has 5 heteroatoms. The smallest absolute Gasteiger partial charge is 0.252 e. The van der Waals surface area contributed by atoms with Crippen molar-refractivity contribution in [3.05, 3.63) is 23.9 Å². The number of nitrogens with zero attached hydrogens (tertiary/aromatic N) is 1. The summed E-state index contributed by atoms with van der Waals surface area (Å²) >= 11 is 0. The van der Waals surface area contributed by atoms with Crippen LogP contribution >= 0.6 is 0 Å². The second kappa shape index (κ2) is 5.57. The number of aromatic nitrogens is 1. The molecule has 104 valence electrons. The third-order valence-electron chi connectivity index (χ3n) is 3.94. The van der Waals surface area contributed by atoms with Crippen molar-refractivity contribution in [1.29, 1.82) is 0 Å². The van der Waals surface area contributed by atoms with Crippen molar-refractivity contribution in [3.63, 3.8) is 0 Å². The number of primary amides is 1. The van der Waals surface area contributed by atoms with Gasteiger partial charge in [-0.05, 0) is 30.9 Å². The van der Waals surface area contributed by atoms with E-state index in [4.69, 9.17) is 11.5 Å². The molecule has 1 aliphatic carbocycles. The summed E-state index contributed by atoms with van der Waals surface area (Å²) in [5.41, 5.74) is 11.6. The third-order valence-corrected chi connectivity index (χ3v) is 3.94. The molecular weight excluding hydrogens is 240 g/mol. The molecule has 0 saturated heterocycles. The highest BCUT2D eigenvalue weighted by atomic mass is 16.1. The van der Waals surface area contributed by atoms with Gasteiger partial charge in [0, 0.05) is 12.7 Å². The normalized spacial score (nSPS) is 26.9. The quantitative estimate of drug-likeness (QED) is 0.766. The zero-order valence-electron chi connectivity index (χ0n) is 11.4. The minimum absolute atomic E-state index is 0.170. The van der Waals surface area contributed by atoms with Crippen molar-refractivity contribution in [3.8, 4) is 0 Å². The maximum atomic E-state index is 11.4. The lowest BCUT2D eigenvalue weighted by molar-refractivity contribution is 0.100. The molecular formula is C14H22N4O. The molecule has 19 heavy (non-hydrogen) atoms. The minimum atomic E-state index is -0.466. The SMILES string of the molecule is CC1CCCC(CN)(Nc2ncccc2C(N)=O)C1. The highest BCUT2D eigenvalue weighted by Gasteiger charge is 2.34. The van der Waals surface area contributed by atoms with Gasteiger partial charge in [-0.25, -0.2) is 4.98 Å². The van der Waals surface area contributed by atoms with Gasteiger partial charge in [0.15, 0.2) is 0 Å². The van der Waals surface area contributed by atoms with Crippen molar-refractivity contribution in [2.45, 2.75) is 38.1 Å². The van der Waals surface area contributed by atoms with Gasteiger partial charge in [-0.3, -0.25) is 4.79 Å². The lowest BCUT2D eigenvalue weighted by Crippen LogP contribution is -2.49. The predicted molar refractivity (Wildman–Crippen MR) is 75.8 cm³/mol. The predicted octanol–water partition coefficient (Wildman–Crippen LogP) is 1.50. The Morgan fingerprint density at radius 2 is 2.42 bits per heavy atom. The fourth-order valence-corrected chi connectivity index (χ4v) is 2.96. The number of carbonyl (C=O) groups excluding carboxylic acids is 1. The standard InChI is InChI=1S/C14H22N4O/c1-10-4-2-6-14(8-10,9-15)18-13-11(12(16)19)5-3-7-17-13/h3,5,7,10H,2,4,6,8-9,15H2,1H3,(H2,16,19)(H,17,18). The van der Waals surface area contributed by atoms with Crippen LogP contribution in [0.3, 0.4) is 0 Å². The number of amides is 1. The van der Waals surface area contributed by atoms with Crippen LogP contribution in [-0.4, -0.2) is 23.0 Å². The number of anilines is 1. The first kappa shape index (κ1) is 13.8.